The molecule has 0 amide bonds. The summed E-state index contributed by atoms with van der Waals surface area (Å²) in [5, 5.41) is 0. The van der Waals surface area contributed by atoms with E-state index in [4.69, 9.17) is 0 Å². The molecule has 1 atom stereocenters. The Morgan fingerprint density at radius 1 is 1.00 bits per heavy atom. The predicted molar refractivity (Wildman–Crippen MR) is 63.6 cm³/mol. The van der Waals surface area contributed by atoms with Gasteiger partial charge in [-0.1, -0.05) is 65.2 Å². The van der Waals surface area contributed by atoms with Gasteiger partial charge in [0.2, 0.25) is 0 Å². The van der Waals surface area contributed by atoms with Gasteiger partial charge in [-0.3, -0.25) is 0 Å². The summed E-state index contributed by atoms with van der Waals surface area (Å²) in [6.45, 7) is 4.26. The zero-order chi connectivity index (χ0) is 10.6. The Bertz CT molecular complexity index is 131. The van der Waals surface area contributed by atoms with Crippen LogP contribution in [0.3, 0.4) is 0 Å². The number of hydrogen-bond donors (Lipinski definition) is 0. The van der Waals surface area contributed by atoms with Crippen molar-refractivity contribution in [3.63, 3.8) is 0 Å². The van der Waals surface area contributed by atoms with Gasteiger partial charge in [0.15, 0.2) is 0 Å². The van der Waals surface area contributed by atoms with Crippen LogP contribution in [-0.2, 0) is 4.79 Å². The van der Waals surface area contributed by atoms with Crippen LogP contribution in [0.15, 0.2) is 0 Å². The molecular weight excluding hydrogens is 195 g/mol. The first-order valence-electron chi connectivity index (χ1n) is 6.26. The second kappa shape index (κ2) is 14.7. The van der Waals surface area contributed by atoms with Crippen molar-refractivity contribution >= 4 is 6.29 Å². The third-order valence-electron chi connectivity index (χ3n) is 2.75. The van der Waals surface area contributed by atoms with E-state index in [1.807, 2.05) is 6.92 Å². The van der Waals surface area contributed by atoms with Gasteiger partial charge in [0.05, 0.1) is 0 Å². The van der Waals surface area contributed by atoms with Crippen molar-refractivity contribution in [1.82, 2.24) is 0 Å². The first-order valence-corrected chi connectivity index (χ1v) is 6.26. The maximum atomic E-state index is 10.3. The van der Waals surface area contributed by atoms with Crippen molar-refractivity contribution in [1.29, 1.82) is 0 Å². The van der Waals surface area contributed by atoms with E-state index in [0.29, 0.717) is 0 Å². The molecule has 0 saturated heterocycles. The van der Waals surface area contributed by atoms with Gasteiger partial charge in [0, 0.05) is 5.92 Å². The summed E-state index contributed by atoms with van der Waals surface area (Å²) in [6, 6.07) is 0. The normalized spacial score (nSPS) is 11.9. The number of hydrogen-bond acceptors (Lipinski definition) is 1. The van der Waals surface area contributed by atoms with E-state index >= 15 is 0 Å². The van der Waals surface area contributed by atoms with E-state index in [1.54, 1.807) is 0 Å². The molecule has 86 valence electrons. The van der Waals surface area contributed by atoms with Crippen LogP contribution in [0.5, 0.6) is 0 Å². The Balaban J connectivity index is -0.000000845. The monoisotopic (exact) mass is 222 g/mol. The third-order valence-corrected chi connectivity index (χ3v) is 2.75. The molecule has 0 aromatic carbocycles. The third kappa shape index (κ3) is 14.7. The number of carbonyl (C=O) groups is 1. The molecule has 0 aliphatic heterocycles. The molecule has 0 aromatic heterocycles. The average molecular weight is 222 g/mol. The molecule has 0 fully saturated rings. The van der Waals surface area contributed by atoms with Crippen molar-refractivity contribution in [3.05, 3.63) is 0 Å². The predicted octanol–water partition coefficient (Wildman–Crippen LogP) is 1.47. The van der Waals surface area contributed by atoms with Gasteiger partial charge < -0.3 is 6.22 Å². The zero-order valence-corrected chi connectivity index (χ0v) is 12.9. The molecule has 0 spiro atoms. The maximum Gasteiger partial charge on any atom is 1.00 e. The fraction of sp³-hybridized carbons (Fsp3) is 0.923. The van der Waals surface area contributed by atoms with Gasteiger partial charge in [-0.2, -0.15) is 0 Å². The van der Waals surface area contributed by atoms with Gasteiger partial charge in [-0.25, -0.2) is 0 Å². The SMILES string of the molecule is CCCCCCCCCCC(C)C=O.[H-].[Na+]. The minimum absolute atomic E-state index is 0. The van der Waals surface area contributed by atoms with Crippen molar-refractivity contribution in [3.8, 4) is 0 Å². The molecule has 2 heteroatoms. The molecule has 0 aliphatic rings. The molecule has 0 aromatic rings. The molecule has 1 unspecified atom stereocenters. The van der Waals surface area contributed by atoms with Crippen LogP contribution in [0, 0.1) is 5.92 Å². The average Bonchev–Trinajstić information content (AvgIpc) is 2.21. The van der Waals surface area contributed by atoms with Crippen molar-refractivity contribution in [2.24, 2.45) is 5.92 Å². The van der Waals surface area contributed by atoms with E-state index < -0.39 is 0 Å². The molecule has 0 radical (unpaired) electrons. The van der Waals surface area contributed by atoms with Crippen LogP contribution in [0.1, 0.15) is 73.1 Å². The van der Waals surface area contributed by atoms with Crippen LogP contribution >= 0.6 is 0 Å². The smallest absolute Gasteiger partial charge is 1.00 e. The molecule has 0 bridgehead atoms. The van der Waals surface area contributed by atoms with Crippen LogP contribution in [0.25, 0.3) is 0 Å². The number of aldehydes is 1. The second-order valence-electron chi connectivity index (χ2n) is 4.38. The molecule has 0 heterocycles. The number of carbonyl (C=O) groups excluding carboxylic acids is 1. The van der Waals surface area contributed by atoms with Gasteiger partial charge in [0.1, 0.15) is 6.29 Å². The summed E-state index contributed by atoms with van der Waals surface area (Å²) in [5.74, 6) is 0.273. The fourth-order valence-electron chi connectivity index (χ4n) is 1.67. The summed E-state index contributed by atoms with van der Waals surface area (Å²) in [4.78, 5) is 10.3. The first-order chi connectivity index (χ1) is 6.81. The zero-order valence-electron chi connectivity index (χ0n) is 11.9. The van der Waals surface area contributed by atoms with E-state index in [9.17, 15) is 4.79 Å². The van der Waals surface area contributed by atoms with Crippen LogP contribution in [0.4, 0.5) is 0 Å². The Morgan fingerprint density at radius 2 is 1.47 bits per heavy atom. The summed E-state index contributed by atoms with van der Waals surface area (Å²) >= 11 is 0. The molecule has 1 nitrogen and oxygen atoms in total. The summed E-state index contributed by atoms with van der Waals surface area (Å²) in [6.07, 6.45) is 13.0. The van der Waals surface area contributed by atoms with Crippen molar-refractivity contribution in [2.75, 3.05) is 0 Å². The van der Waals surface area contributed by atoms with E-state index in [0.717, 1.165) is 12.7 Å². The number of rotatable bonds is 10. The van der Waals surface area contributed by atoms with Gasteiger partial charge in [-0.05, 0) is 6.42 Å². The molecule has 15 heavy (non-hydrogen) atoms. The number of unbranched alkanes of at least 4 members (excludes halogenated alkanes) is 7. The summed E-state index contributed by atoms with van der Waals surface area (Å²) in [5.41, 5.74) is 0. The Hall–Kier alpha value is 0.670. The van der Waals surface area contributed by atoms with E-state index in [2.05, 4.69) is 6.92 Å². The Kier molecular flexibility index (Phi) is 17.6. The Morgan fingerprint density at radius 3 is 1.93 bits per heavy atom. The molecule has 0 rings (SSSR count). The largest absolute Gasteiger partial charge is 1.00 e. The molecule has 0 saturated carbocycles. The molecule has 0 N–H and O–H groups in total. The van der Waals surface area contributed by atoms with Gasteiger partial charge in [0.25, 0.3) is 0 Å². The Labute approximate surface area is 119 Å². The minimum atomic E-state index is 0. The molecular formula is C13H27NaO. The minimum Gasteiger partial charge on any atom is -1.00 e. The van der Waals surface area contributed by atoms with Crippen molar-refractivity contribution < 1.29 is 35.8 Å². The molecule has 0 aliphatic carbocycles. The summed E-state index contributed by atoms with van der Waals surface area (Å²) < 4.78 is 0. The fourth-order valence-corrected chi connectivity index (χ4v) is 1.67. The quantitative estimate of drug-likeness (QED) is 0.311. The van der Waals surface area contributed by atoms with E-state index in [1.165, 1.54) is 51.4 Å². The van der Waals surface area contributed by atoms with Crippen molar-refractivity contribution in [2.45, 2.75) is 71.6 Å². The standard InChI is InChI=1S/C13H26O.Na.H/c1-3-4-5-6-7-8-9-10-11-13(2)12-14;;/h12-13H,3-11H2,1-2H3;;/q;+1;-1. The van der Waals surface area contributed by atoms with Crippen LogP contribution in [0.2, 0.25) is 0 Å². The van der Waals surface area contributed by atoms with Crippen LogP contribution in [-0.4, -0.2) is 6.29 Å². The summed E-state index contributed by atoms with van der Waals surface area (Å²) in [7, 11) is 0. The topological polar surface area (TPSA) is 17.1 Å². The maximum absolute atomic E-state index is 10.3. The van der Waals surface area contributed by atoms with Crippen LogP contribution < -0.4 is 29.6 Å². The van der Waals surface area contributed by atoms with E-state index in [-0.39, 0.29) is 36.9 Å². The first kappa shape index (κ1) is 18.0. The second-order valence-corrected chi connectivity index (χ2v) is 4.38. The van der Waals surface area contributed by atoms with Gasteiger partial charge >= 0.3 is 29.6 Å². The van der Waals surface area contributed by atoms with Gasteiger partial charge in [-0.15, -0.1) is 0 Å².